The molecule has 4 N–H and O–H groups in total. The van der Waals surface area contributed by atoms with E-state index in [2.05, 4.69) is 37.4 Å². The van der Waals surface area contributed by atoms with Crippen molar-refractivity contribution in [2.75, 3.05) is 54.5 Å². The summed E-state index contributed by atoms with van der Waals surface area (Å²) in [4.78, 5) is 30.6. The first-order chi connectivity index (χ1) is 19.0. The fraction of sp³-hybridized carbons (Fsp3) is 0.214. The van der Waals surface area contributed by atoms with Gasteiger partial charge in [0.05, 0.1) is 33.8 Å². The van der Waals surface area contributed by atoms with E-state index in [1.165, 1.54) is 17.4 Å². The number of rotatable bonds is 6. The quantitative estimate of drug-likeness (QED) is 0.286. The minimum Gasteiger partial charge on any atom is -0.382 e. The molecule has 3 aromatic heterocycles. The Labute approximate surface area is 228 Å². The minimum atomic E-state index is -0.501. The summed E-state index contributed by atoms with van der Waals surface area (Å²) in [5.41, 5.74) is 8.64. The van der Waals surface area contributed by atoms with E-state index in [1.807, 2.05) is 35.7 Å². The lowest BCUT2D eigenvalue weighted by Gasteiger charge is -2.35. The van der Waals surface area contributed by atoms with Gasteiger partial charge in [0, 0.05) is 31.6 Å². The zero-order chi connectivity index (χ0) is 26.9. The summed E-state index contributed by atoms with van der Waals surface area (Å²) < 4.78 is 15.8. The SMILES string of the molecule is CN1CCN(c2c(F)cccc2NCc2nc(NC(=O)c3nc(N)c4sccc4n3)cc3ccccc23)CC1. The molecule has 2 aromatic carbocycles. The van der Waals surface area contributed by atoms with Crippen LogP contribution in [0.2, 0.25) is 0 Å². The average molecular weight is 543 g/mol. The van der Waals surface area contributed by atoms with Gasteiger partial charge in [-0.15, -0.1) is 11.3 Å². The molecule has 0 aliphatic carbocycles. The normalized spacial score (nSPS) is 14.2. The van der Waals surface area contributed by atoms with Gasteiger partial charge in [-0.2, -0.15) is 0 Å². The lowest BCUT2D eigenvalue weighted by atomic mass is 10.1. The number of nitrogen functional groups attached to an aromatic ring is 1. The summed E-state index contributed by atoms with van der Waals surface area (Å²) in [5, 5.41) is 9.92. The van der Waals surface area contributed by atoms with Crippen LogP contribution in [0.15, 0.2) is 60.0 Å². The molecule has 1 aliphatic rings. The Kier molecular flexibility index (Phi) is 6.67. The van der Waals surface area contributed by atoms with Crippen molar-refractivity contribution in [2.24, 2.45) is 0 Å². The molecule has 6 rings (SSSR count). The largest absolute Gasteiger partial charge is 0.382 e. The number of likely N-dealkylation sites (N-methyl/N-ethyl adjacent to an activating group) is 1. The number of thiophene rings is 1. The molecule has 0 atom stereocenters. The number of nitrogens with one attached hydrogen (secondary N) is 2. The lowest BCUT2D eigenvalue weighted by Crippen LogP contribution is -2.45. The number of para-hydroxylation sites is 1. The Hall–Kier alpha value is -4.35. The van der Waals surface area contributed by atoms with Crippen molar-refractivity contribution in [2.45, 2.75) is 6.54 Å². The van der Waals surface area contributed by atoms with Crippen LogP contribution >= 0.6 is 11.3 Å². The van der Waals surface area contributed by atoms with Gasteiger partial charge in [0.2, 0.25) is 5.82 Å². The number of nitrogens with two attached hydrogens (primary N) is 1. The lowest BCUT2D eigenvalue weighted by molar-refractivity contribution is 0.101. The number of carbonyl (C=O) groups is 1. The maximum atomic E-state index is 15.0. The number of pyridine rings is 1. The molecule has 0 spiro atoms. The molecule has 0 radical (unpaired) electrons. The monoisotopic (exact) mass is 542 g/mol. The van der Waals surface area contributed by atoms with Crippen molar-refractivity contribution in [1.29, 1.82) is 0 Å². The summed E-state index contributed by atoms with van der Waals surface area (Å²) in [7, 11) is 2.07. The van der Waals surface area contributed by atoms with Gasteiger partial charge < -0.3 is 26.2 Å². The second-order valence-corrected chi connectivity index (χ2v) is 10.4. The number of hydrogen-bond donors (Lipinski definition) is 3. The molecule has 1 fully saturated rings. The molecule has 0 bridgehead atoms. The first-order valence-corrected chi connectivity index (χ1v) is 13.5. The van der Waals surface area contributed by atoms with Crippen LogP contribution in [0.3, 0.4) is 0 Å². The zero-order valence-electron chi connectivity index (χ0n) is 21.3. The first-order valence-electron chi connectivity index (χ1n) is 12.6. The summed E-state index contributed by atoms with van der Waals surface area (Å²) in [6.07, 6.45) is 0. The molecule has 39 heavy (non-hydrogen) atoms. The van der Waals surface area contributed by atoms with Crippen LogP contribution in [0.25, 0.3) is 21.0 Å². The maximum Gasteiger partial charge on any atom is 0.294 e. The van der Waals surface area contributed by atoms with Gasteiger partial charge in [-0.05, 0) is 42.1 Å². The Morgan fingerprint density at radius 1 is 1.05 bits per heavy atom. The van der Waals surface area contributed by atoms with Crippen LogP contribution < -0.4 is 21.3 Å². The van der Waals surface area contributed by atoms with E-state index in [-0.39, 0.29) is 17.5 Å². The highest BCUT2D eigenvalue weighted by atomic mass is 32.1. The molecular formula is C28H27FN8OS. The number of benzene rings is 2. The predicted molar refractivity (Wildman–Crippen MR) is 155 cm³/mol. The van der Waals surface area contributed by atoms with Crippen molar-refractivity contribution < 1.29 is 9.18 Å². The molecule has 0 unspecified atom stereocenters. The first kappa shape index (κ1) is 25.0. The molecule has 9 nitrogen and oxygen atoms in total. The van der Waals surface area contributed by atoms with Gasteiger partial charge in [-0.1, -0.05) is 30.3 Å². The second kappa shape index (κ2) is 10.4. The molecule has 4 heterocycles. The molecule has 11 heteroatoms. The summed E-state index contributed by atoms with van der Waals surface area (Å²) in [6, 6.07) is 16.5. The van der Waals surface area contributed by atoms with Crippen molar-refractivity contribution in [3.63, 3.8) is 0 Å². The van der Waals surface area contributed by atoms with Crippen LogP contribution in [0.4, 0.5) is 27.4 Å². The van der Waals surface area contributed by atoms with E-state index in [1.54, 1.807) is 18.2 Å². The fourth-order valence-corrected chi connectivity index (χ4v) is 5.55. The predicted octanol–water partition coefficient (Wildman–Crippen LogP) is 4.58. The fourth-order valence-electron chi connectivity index (χ4n) is 4.82. The molecule has 1 saturated heterocycles. The van der Waals surface area contributed by atoms with Crippen LogP contribution in [0.1, 0.15) is 16.3 Å². The number of hydrogen-bond acceptors (Lipinski definition) is 9. The van der Waals surface area contributed by atoms with Crippen molar-refractivity contribution in [3.8, 4) is 0 Å². The van der Waals surface area contributed by atoms with E-state index in [0.717, 1.165) is 41.7 Å². The summed E-state index contributed by atoms with van der Waals surface area (Å²) >= 11 is 1.43. The molecule has 198 valence electrons. The highest BCUT2D eigenvalue weighted by molar-refractivity contribution is 7.17. The number of aromatic nitrogens is 3. The minimum absolute atomic E-state index is 0.0235. The molecule has 5 aromatic rings. The standard InChI is InChI=1S/C28H27FN8OS/c1-36-10-12-37(13-11-36)24-19(29)7-4-8-20(24)31-16-22-18-6-3-2-5-17(18)15-23(32-22)34-28(38)27-33-21-9-14-39-25(21)26(30)35-27/h2-9,14-15,31H,10-13,16H2,1H3,(H2,30,33,35)(H,32,34,38). The number of carbonyl (C=O) groups excluding carboxylic acids is 1. The van der Waals surface area contributed by atoms with Gasteiger partial charge in [0.15, 0.2) is 0 Å². The Balaban J connectivity index is 1.28. The zero-order valence-corrected chi connectivity index (χ0v) is 22.1. The summed E-state index contributed by atoms with van der Waals surface area (Å²) in [5.74, 6) is -0.154. The van der Waals surface area contributed by atoms with Gasteiger partial charge in [0.25, 0.3) is 5.91 Å². The van der Waals surface area contributed by atoms with Gasteiger partial charge in [0.1, 0.15) is 17.5 Å². The summed E-state index contributed by atoms with van der Waals surface area (Å²) in [6.45, 7) is 3.57. The van der Waals surface area contributed by atoms with Crippen molar-refractivity contribution in [3.05, 3.63) is 77.3 Å². The van der Waals surface area contributed by atoms with Crippen molar-refractivity contribution in [1.82, 2.24) is 19.9 Å². The number of piperazine rings is 1. The third-order valence-electron chi connectivity index (χ3n) is 6.85. The van der Waals surface area contributed by atoms with E-state index < -0.39 is 5.91 Å². The number of fused-ring (bicyclic) bond motifs is 2. The van der Waals surface area contributed by atoms with Crippen molar-refractivity contribution >= 4 is 61.2 Å². The maximum absolute atomic E-state index is 15.0. The average Bonchev–Trinajstić information content (AvgIpc) is 3.42. The van der Waals surface area contributed by atoms with Crippen LogP contribution in [0, 0.1) is 5.82 Å². The third kappa shape index (κ3) is 5.06. The number of amides is 1. The Morgan fingerprint density at radius 2 is 1.87 bits per heavy atom. The molecule has 0 saturated carbocycles. The van der Waals surface area contributed by atoms with E-state index in [0.29, 0.717) is 34.9 Å². The topological polar surface area (TPSA) is 112 Å². The smallest absolute Gasteiger partial charge is 0.294 e. The Morgan fingerprint density at radius 3 is 2.72 bits per heavy atom. The van der Waals surface area contributed by atoms with E-state index in [9.17, 15) is 4.79 Å². The van der Waals surface area contributed by atoms with E-state index >= 15 is 4.39 Å². The second-order valence-electron chi connectivity index (χ2n) is 9.48. The van der Waals surface area contributed by atoms with Gasteiger partial charge in [-0.3, -0.25) is 4.79 Å². The number of halogens is 1. The van der Waals surface area contributed by atoms with E-state index in [4.69, 9.17) is 10.7 Å². The Bertz CT molecular complexity index is 1680. The van der Waals surface area contributed by atoms with Crippen LogP contribution in [-0.4, -0.2) is 59.0 Å². The highest BCUT2D eigenvalue weighted by Crippen LogP contribution is 2.31. The van der Waals surface area contributed by atoms with Crippen LogP contribution in [0.5, 0.6) is 0 Å². The third-order valence-corrected chi connectivity index (χ3v) is 7.77. The molecular weight excluding hydrogens is 515 g/mol. The van der Waals surface area contributed by atoms with Crippen LogP contribution in [-0.2, 0) is 6.54 Å². The van der Waals surface area contributed by atoms with Gasteiger partial charge >= 0.3 is 0 Å². The number of anilines is 4. The highest BCUT2D eigenvalue weighted by Gasteiger charge is 2.21. The molecule has 1 aliphatic heterocycles. The number of nitrogens with zero attached hydrogens (tertiary/aromatic N) is 5. The molecule has 1 amide bonds. The van der Waals surface area contributed by atoms with Gasteiger partial charge in [-0.25, -0.2) is 19.3 Å².